The molecule has 1 atom stereocenters. The number of nitrogens with two attached hydrogens (primary N) is 1. The second kappa shape index (κ2) is 3.34. The monoisotopic (exact) mass is 181 g/mol. The minimum atomic E-state index is -0.200. The normalized spacial score (nSPS) is 20.6. The van der Waals surface area contributed by atoms with Gasteiger partial charge in [-0.25, -0.2) is 4.39 Å². The summed E-state index contributed by atoms with van der Waals surface area (Å²) in [6, 6.07) is 4.62. The fourth-order valence-corrected chi connectivity index (χ4v) is 1.58. The molecule has 0 fully saturated rings. The lowest BCUT2D eigenvalue weighted by atomic mass is 10.0. The van der Waals surface area contributed by atoms with Crippen LogP contribution in [-0.4, -0.2) is 12.6 Å². The van der Waals surface area contributed by atoms with E-state index in [1.165, 1.54) is 12.1 Å². The molecule has 13 heavy (non-hydrogen) atoms. The van der Waals surface area contributed by atoms with E-state index in [0.29, 0.717) is 6.54 Å². The molecular formula is C10H12FNO. The second-order valence-corrected chi connectivity index (χ2v) is 3.27. The van der Waals surface area contributed by atoms with Crippen molar-refractivity contribution in [3.05, 3.63) is 29.6 Å². The number of hydrogen-bond donors (Lipinski definition) is 1. The van der Waals surface area contributed by atoms with Crippen LogP contribution in [0.1, 0.15) is 12.0 Å². The molecule has 1 heterocycles. The average Bonchev–Trinajstić information content (AvgIpc) is 2.17. The van der Waals surface area contributed by atoms with E-state index in [1.54, 1.807) is 6.07 Å². The third-order valence-corrected chi connectivity index (χ3v) is 2.31. The molecule has 0 amide bonds. The Bertz CT molecular complexity index is 314. The first-order valence-electron chi connectivity index (χ1n) is 4.45. The molecule has 3 heteroatoms. The average molecular weight is 181 g/mol. The summed E-state index contributed by atoms with van der Waals surface area (Å²) in [6.07, 6.45) is 1.83. The Morgan fingerprint density at radius 2 is 2.38 bits per heavy atom. The molecule has 2 rings (SSSR count). The Hall–Kier alpha value is -1.09. The van der Waals surface area contributed by atoms with Crippen LogP contribution in [0.2, 0.25) is 0 Å². The lowest BCUT2D eigenvalue weighted by Gasteiger charge is -2.24. The van der Waals surface area contributed by atoms with Gasteiger partial charge in [-0.15, -0.1) is 0 Å². The quantitative estimate of drug-likeness (QED) is 0.712. The molecule has 1 aliphatic rings. The standard InChI is InChI=1S/C10H12FNO/c11-8-2-4-10-7(5-8)1-3-9(6-12)13-10/h2,4-5,9H,1,3,6,12H2/t9-/m0/s1. The minimum Gasteiger partial charge on any atom is -0.489 e. The lowest BCUT2D eigenvalue weighted by Crippen LogP contribution is -2.30. The second-order valence-electron chi connectivity index (χ2n) is 3.27. The fraction of sp³-hybridized carbons (Fsp3) is 0.400. The molecule has 0 bridgehead atoms. The maximum Gasteiger partial charge on any atom is 0.123 e. The van der Waals surface area contributed by atoms with Crippen LogP contribution in [0.4, 0.5) is 4.39 Å². The molecule has 2 N–H and O–H groups in total. The van der Waals surface area contributed by atoms with E-state index in [4.69, 9.17) is 10.5 Å². The number of halogens is 1. The molecule has 2 nitrogen and oxygen atoms in total. The Labute approximate surface area is 76.5 Å². The highest BCUT2D eigenvalue weighted by Crippen LogP contribution is 2.27. The fourth-order valence-electron chi connectivity index (χ4n) is 1.58. The van der Waals surface area contributed by atoms with Crippen LogP contribution in [0.5, 0.6) is 5.75 Å². The van der Waals surface area contributed by atoms with E-state index < -0.39 is 0 Å². The summed E-state index contributed by atoms with van der Waals surface area (Å²) in [5, 5.41) is 0. The molecule has 70 valence electrons. The summed E-state index contributed by atoms with van der Waals surface area (Å²) in [5.41, 5.74) is 6.44. The molecule has 0 aliphatic carbocycles. The van der Waals surface area contributed by atoms with Crippen LogP contribution in [0, 0.1) is 5.82 Å². The first-order valence-corrected chi connectivity index (χ1v) is 4.45. The van der Waals surface area contributed by atoms with Crippen molar-refractivity contribution in [2.24, 2.45) is 5.73 Å². The van der Waals surface area contributed by atoms with Crippen LogP contribution in [0.15, 0.2) is 18.2 Å². The van der Waals surface area contributed by atoms with Gasteiger partial charge in [0.15, 0.2) is 0 Å². The summed E-state index contributed by atoms with van der Waals surface area (Å²) < 4.78 is 18.3. The maximum atomic E-state index is 12.8. The van der Waals surface area contributed by atoms with Gasteiger partial charge in [0.05, 0.1) is 0 Å². The van der Waals surface area contributed by atoms with Crippen LogP contribution in [0.25, 0.3) is 0 Å². The van der Waals surface area contributed by atoms with Gasteiger partial charge < -0.3 is 10.5 Å². The molecule has 0 spiro atoms. The highest BCUT2D eigenvalue weighted by molar-refractivity contribution is 5.35. The summed E-state index contributed by atoms with van der Waals surface area (Å²) >= 11 is 0. The molecule has 1 aliphatic heterocycles. The van der Waals surface area contributed by atoms with Gasteiger partial charge in [-0.1, -0.05) is 0 Å². The summed E-state index contributed by atoms with van der Waals surface area (Å²) in [5.74, 6) is 0.580. The number of fused-ring (bicyclic) bond motifs is 1. The molecule has 0 unspecified atom stereocenters. The SMILES string of the molecule is NC[C@@H]1CCc2cc(F)ccc2O1. The van der Waals surface area contributed by atoms with Crippen molar-refractivity contribution in [2.45, 2.75) is 18.9 Å². The van der Waals surface area contributed by atoms with Gasteiger partial charge in [0.25, 0.3) is 0 Å². The largest absolute Gasteiger partial charge is 0.489 e. The van der Waals surface area contributed by atoms with E-state index in [2.05, 4.69) is 0 Å². The molecular weight excluding hydrogens is 169 g/mol. The van der Waals surface area contributed by atoms with Crippen molar-refractivity contribution in [1.82, 2.24) is 0 Å². The topological polar surface area (TPSA) is 35.2 Å². The van der Waals surface area contributed by atoms with E-state index in [9.17, 15) is 4.39 Å². The highest BCUT2D eigenvalue weighted by Gasteiger charge is 2.18. The van der Waals surface area contributed by atoms with E-state index in [0.717, 1.165) is 24.2 Å². The predicted molar refractivity (Wildman–Crippen MR) is 48.2 cm³/mol. The number of hydrogen-bond acceptors (Lipinski definition) is 2. The van der Waals surface area contributed by atoms with Crippen LogP contribution in [-0.2, 0) is 6.42 Å². The third-order valence-electron chi connectivity index (χ3n) is 2.31. The van der Waals surface area contributed by atoms with Crippen molar-refractivity contribution in [1.29, 1.82) is 0 Å². The van der Waals surface area contributed by atoms with E-state index >= 15 is 0 Å². The first-order chi connectivity index (χ1) is 6.29. The van der Waals surface area contributed by atoms with Crippen molar-refractivity contribution >= 4 is 0 Å². The van der Waals surface area contributed by atoms with Crippen molar-refractivity contribution in [3.63, 3.8) is 0 Å². The van der Waals surface area contributed by atoms with Gasteiger partial charge in [-0.3, -0.25) is 0 Å². The zero-order valence-electron chi connectivity index (χ0n) is 7.29. The Morgan fingerprint density at radius 3 is 3.15 bits per heavy atom. The zero-order chi connectivity index (χ0) is 9.26. The van der Waals surface area contributed by atoms with Gasteiger partial charge in [-0.05, 0) is 36.6 Å². The van der Waals surface area contributed by atoms with Gasteiger partial charge in [0.2, 0.25) is 0 Å². The van der Waals surface area contributed by atoms with Gasteiger partial charge in [0.1, 0.15) is 17.7 Å². The Balaban J connectivity index is 2.26. The predicted octanol–water partition coefficient (Wildman–Crippen LogP) is 1.48. The third kappa shape index (κ3) is 1.65. The summed E-state index contributed by atoms with van der Waals surface area (Å²) in [4.78, 5) is 0. The maximum absolute atomic E-state index is 12.8. The molecule has 1 aromatic carbocycles. The van der Waals surface area contributed by atoms with Crippen molar-refractivity contribution in [2.75, 3.05) is 6.54 Å². The number of benzene rings is 1. The van der Waals surface area contributed by atoms with E-state index in [-0.39, 0.29) is 11.9 Å². The lowest BCUT2D eigenvalue weighted by molar-refractivity contribution is 0.181. The number of rotatable bonds is 1. The highest BCUT2D eigenvalue weighted by atomic mass is 19.1. The summed E-state index contributed by atoms with van der Waals surface area (Å²) in [7, 11) is 0. The Kier molecular flexibility index (Phi) is 2.19. The molecule has 0 saturated carbocycles. The van der Waals surface area contributed by atoms with Crippen molar-refractivity contribution < 1.29 is 9.13 Å². The van der Waals surface area contributed by atoms with Crippen LogP contribution >= 0.6 is 0 Å². The van der Waals surface area contributed by atoms with Gasteiger partial charge in [-0.2, -0.15) is 0 Å². The molecule has 0 radical (unpaired) electrons. The first kappa shape index (κ1) is 8.51. The van der Waals surface area contributed by atoms with Crippen molar-refractivity contribution in [3.8, 4) is 5.75 Å². The van der Waals surface area contributed by atoms with Gasteiger partial charge >= 0.3 is 0 Å². The zero-order valence-corrected chi connectivity index (χ0v) is 7.29. The summed E-state index contributed by atoms with van der Waals surface area (Å²) in [6.45, 7) is 0.525. The number of ether oxygens (including phenoxy) is 1. The molecule has 1 aromatic rings. The van der Waals surface area contributed by atoms with E-state index in [1.807, 2.05) is 0 Å². The minimum absolute atomic E-state index is 0.0953. The van der Waals surface area contributed by atoms with Crippen LogP contribution < -0.4 is 10.5 Å². The smallest absolute Gasteiger partial charge is 0.123 e. The Morgan fingerprint density at radius 1 is 1.54 bits per heavy atom. The van der Waals surface area contributed by atoms with Crippen LogP contribution in [0.3, 0.4) is 0 Å². The number of aryl methyl sites for hydroxylation is 1. The van der Waals surface area contributed by atoms with Gasteiger partial charge in [0, 0.05) is 6.54 Å². The molecule has 0 saturated heterocycles. The molecule has 0 aromatic heterocycles.